The molecule has 0 saturated heterocycles. The molecule has 84 valence electrons. The second-order valence-electron chi connectivity index (χ2n) is 3.25. The van der Waals surface area contributed by atoms with Crippen molar-refractivity contribution in [1.29, 1.82) is 5.26 Å². The van der Waals surface area contributed by atoms with E-state index >= 15 is 0 Å². The van der Waals surface area contributed by atoms with E-state index in [-0.39, 0.29) is 5.57 Å². The monoisotopic (exact) mass is 219 g/mol. The summed E-state index contributed by atoms with van der Waals surface area (Å²) in [6.45, 7) is 3.99. The van der Waals surface area contributed by atoms with Gasteiger partial charge in [-0.3, -0.25) is 0 Å². The van der Waals surface area contributed by atoms with Crippen molar-refractivity contribution in [2.75, 3.05) is 6.61 Å². The number of aryl methyl sites for hydroxylation is 1. The van der Waals surface area contributed by atoms with Gasteiger partial charge in [-0.2, -0.15) is 5.26 Å². The molecule has 0 fully saturated rings. The second kappa shape index (κ2) is 5.76. The molecule has 0 radical (unpaired) electrons. The number of furan rings is 1. The van der Waals surface area contributed by atoms with Crippen LogP contribution in [-0.2, 0) is 9.53 Å². The lowest BCUT2D eigenvalue weighted by Crippen LogP contribution is -2.07. The fraction of sp³-hybridized carbons (Fsp3) is 0.333. The number of nitrogens with zero attached hydrogens (tertiary/aromatic N) is 1. The predicted octanol–water partition coefficient (Wildman–Crippen LogP) is 2.45. The standard InChI is InChI=1S/C12H13NO3/c1-3-6-15-12(14)10(8-13)7-11-5-4-9(2)16-11/h4-5,7H,3,6H2,1-2H3. The Labute approximate surface area is 94.1 Å². The lowest BCUT2D eigenvalue weighted by atomic mass is 10.2. The van der Waals surface area contributed by atoms with Gasteiger partial charge >= 0.3 is 5.97 Å². The summed E-state index contributed by atoms with van der Waals surface area (Å²) < 4.78 is 10.1. The van der Waals surface area contributed by atoms with Crippen LogP contribution in [0.15, 0.2) is 22.1 Å². The Balaban J connectivity index is 2.78. The van der Waals surface area contributed by atoms with Crippen molar-refractivity contribution < 1.29 is 13.9 Å². The van der Waals surface area contributed by atoms with Crippen LogP contribution >= 0.6 is 0 Å². The number of carbonyl (C=O) groups is 1. The van der Waals surface area contributed by atoms with Crippen molar-refractivity contribution in [1.82, 2.24) is 0 Å². The fourth-order valence-electron chi connectivity index (χ4n) is 1.08. The molecule has 0 bridgehead atoms. The average Bonchev–Trinajstić information content (AvgIpc) is 2.68. The number of carbonyl (C=O) groups excluding carboxylic acids is 1. The average molecular weight is 219 g/mol. The van der Waals surface area contributed by atoms with Gasteiger partial charge in [0.2, 0.25) is 0 Å². The van der Waals surface area contributed by atoms with Crippen LogP contribution in [0.5, 0.6) is 0 Å². The van der Waals surface area contributed by atoms with E-state index in [1.807, 2.05) is 6.92 Å². The number of hydrogen-bond acceptors (Lipinski definition) is 4. The highest BCUT2D eigenvalue weighted by Gasteiger charge is 2.10. The van der Waals surface area contributed by atoms with Crippen molar-refractivity contribution in [3.8, 4) is 6.07 Å². The molecule has 0 spiro atoms. The minimum absolute atomic E-state index is 0.0530. The highest BCUT2D eigenvalue weighted by Crippen LogP contribution is 2.11. The SMILES string of the molecule is CCCOC(=O)C(C#N)=Cc1ccc(C)o1. The van der Waals surface area contributed by atoms with E-state index in [4.69, 9.17) is 14.4 Å². The van der Waals surface area contributed by atoms with Crippen LogP contribution in [-0.4, -0.2) is 12.6 Å². The maximum atomic E-state index is 11.4. The van der Waals surface area contributed by atoms with Gasteiger partial charge in [-0.05, 0) is 25.5 Å². The van der Waals surface area contributed by atoms with E-state index < -0.39 is 5.97 Å². The molecule has 4 heteroatoms. The minimum atomic E-state index is -0.613. The Kier molecular flexibility index (Phi) is 4.34. The number of esters is 1. The normalized spacial score (nSPS) is 10.9. The maximum absolute atomic E-state index is 11.4. The van der Waals surface area contributed by atoms with Crippen LogP contribution in [0.3, 0.4) is 0 Å². The zero-order valence-electron chi connectivity index (χ0n) is 9.32. The zero-order chi connectivity index (χ0) is 12.0. The van der Waals surface area contributed by atoms with Crippen molar-refractivity contribution in [2.45, 2.75) is 20.3 Å². The molecule has 0 amide bonds. The van der Waals surface area contributed by atoms with Gasteiger partial charge in [-0.25, -0.2) is 4.79 Å². The predicted molar refractivity (Wildman–Crippen MR) is 58.3 cm³/mol. The molecule has 0 aromatic carbocycles. The van der Waals surface area contributed by atoms with Crippen LogP contribution in [0.1, 0.15) is 24.9 Å². The molecule has 0 aliphatic rings. The molecule has 16 heavy (non-hydrogen) atoms. The van der Waals surface area contributed by atoms with Crippen LogP contribution in [0.25, 0.3) is 6.08 Å². The largest absolute Gasteiger partial charge is 0.462 e. The van der Waals surface area contributed by atoms with Gasteiger partial charge in [-0.1, -0.05) is 6.92 Å². The molecule has 1 aromatic heterocycles. The first-order chi connectivity index (χ1) is 7.67. The van der Waals surface area contributed by atoms with Crippen molar-refractivity contribution in [2.24, 2.45) is 0 Å². The third-order valence-corrected chi connectivity index (χ3v) is 1.83. The van der Waals surface area contributed by atoms with Crippen LogP contribution in [0, 0.1) is 18.3 Å². The highest BCUT2D eigenvalue weighted by atomic mass is 16.5. The lowest BCUT2D eigenvalue weighted by molar-refractivity contribution is -0.138. The van der Waals surface area contributed by atoms with Gasteiger partial charge in [0.25, 0.3) is 0 Å². The summed E-state index contributed by atoms with van der Waals surface area (Å²) >= 11 is 0. The van der Waals surface area contributed by atoms with E-state index in [0.29, 0.717) is 12.4 Å². The summed E-state index contributed by atoms with van der Waals surface area (Å²) in [6, 6.07) is 5.25. The molecular formula is C12H13NO3. The summed E-state index contributed by atoms with van der Waals surface area (Å²) in [5.74, 6) is 0.589. The molecule has 1 aromatic rings. The fourth-order valence-corrected chi connectivity index (χ4v) is 1.08. The molecule has 0 aliphatic carbocycles. The van der Waals surface area contributed by atoms with Crippen LogP contribution < -0.4 is 0 Å². The molecule has 0 atom stereocenters. The van der Waals surface area contributed by atoms with Gasteiger partial charge in [-0.15, -0.1) is 0 Å². The van der Waals surface area contributed by atoms with E-state index in [0.717, 1.165) is 12.2 Å². The Morgan fingerprint density at radius 2 is 2.38 bits per heavy atom. The number of hydrogen-bond donors (Lipinski definition) is 0. The first-order valence-electron chi connectivity index (χ1n) is 5.02. The molecule has 0 unspecified atom stereocenters. The quantitative estimate of drug-likeness (QED) is 0.443. The Hall–Kier alpha value is -2.02. The van der Waals surface area contributed by atoms with Crippen LogP contribution in [0.2, 0.25) is 0 Å². The van der Waals surface area contributed by atoms with Crippen molar-refractivity contribution >= 4 is 12.0 Å². The van der Waals surface area contributed by atoms with Crippen molar-refractivity contribution in [3.05, 3.63) is 29.2 Å². The first-order valence-corrected chi connectivity index (χ1v) is 5.02. The smallest absolute Gasteiger partial charge is 0.349 e. The van der Waals surface area contributed by atoms with Crippen molar-refractivity contribution in [3.63, 3.8) is 0 Å². The van der Waals surface area contributed by atoms with E-state index in [9.17, 15) is 4.79 Å². The van der Waals surface area contributed by atoms with E-state index in [1.54, 1.807) is 25.1 Å². The zero-order valence-corrected chi connectivity index (χ0v) is 9.32. The molecule has 0 aliphatic heterocycles. The van der Waals surface area contributed by atoms with Gasteiger partial charge < -0.3 is 9.15 Å². The summed E-state index contributed by atoms with van der Waals surface area (Å²) in [5, 5.41) is 8.80. The molecule has 4 nitrogen and oxygen atoms in total. The second-order valence-corrected chi connectivity index (χ2v) is 3.25. The summed E-state index contributed by atoms with van der Waals surface area (Å²) in [5.41, 5.74) is -0.0530. The van der Waals surface area contributed by atoms with Gasteiger partial charge in [0.15, 0.2) is 0 Å². The molecule has 0 N–H and O–H groups in total. The van der Waals surface area contributed by atoms with E-state index in [1.165, 1.54) is 6.08 Å². The van der Waals surface area contributed by atoms with Gasteiger partial charge in [0.1, 0.15) is 23.2 Å². The molecule has 1 rings (SSSR count). The lowest BCUT2D eigenvalue weighted by Gasteiger charge is -2.00. The van der Waals surface area contributed by atoms with Gasteiger partial charge in [0, 0.05) is 6.08 Å². The number of nitriles is 1. The summed E-state index contributed by atoms with van der Waals surface area (Å²) in [4.78, 5) is 11.4. The molecule has 0 saturated carbocycles. The summed E-state index contributed by atoms with van der Waals surface area (Å²) in [6.07, 6.45) is 2.11. The highest BCUT2D eigenvalue weighted by molar-refractivity contribution is 5.97. The van der Waals surface area contributed by atoms with Crippen LogP contribution in [0.4, 0.5) is 0 Å². The molecule has 1 heterocycles. The topological polar surface area (TPSA) is 63.2 Å². The molecular weight excluding hydrogens is 206 g/mol. The Morgan fingerprint density at radius 3 is 2.88 bits per heavy atom. The first kappa shape index (κ1) is 12.1. The van der Waals surface area contributed by atoms with E-state index in [2.05, 4.69) is 0 Å². The third kappa shape index (κ3) is 3.28. The third-order valence-electron chi connectivity index (χ3n) is 1.83. The number of rotatable bonds is 4. The minimum Gasteiger partial charge on any atom is -0.462 e. The van der Waals surface area contributed by atoms with Gasteiger partial charge in [0.05, 0.1) is 6.61 Å². The maximum Gasteiger partial charge on any atom is 0.349 e. The summed E-state index contributed by atoms with van der Waals surface area (Å²) in [7, 11) is 0. The number of ether oxygens (including phenoxy) is 1. The Morgan fingerprint density at radius 1 is 1.62 bits per heavy atom. The Bertz CT molecular complexity index is 437.